The summed E-state index contributed by atoms with van der Waals surface area (Å²) in [5, 5.41) is 130. The average molecular weight is 2200 g/mol. The molecule has 51 heteroatoms. The van der Waals surface area contributed by atoms with Gasteiger partial charge in [0.05, 0.1) is 51.4 Å². The zero-order chi connectivity index (χ0) is 107. The summed E-state index contributed by atoms with van der Waals surface area (Å²) in [4.78, 5) is 264. The molecule has 0 radical (unpaired) electrons. The number of aromatic nitrogens is 1. The van der Waals surface area contributed by atoms with Gasteiger partial charge in [-0.05, 0) is 181 Å². The monoisotopic (exact) mass is 2200 g/mol. The number of amides is 8. The number of ketones is 2. The van der Waals surface area contributed by atoms with E-state index in [4.69, 9.17) is 10.2 Å². The molecule has 49 nitrogen and oxygen atoms in total. The maximum absolute atomic E-state index is 13.9. The van der Waals surface area contributed by atoms with Gasteiger partial charge in [-0.25, -0.2) is 24.2 Å². The molecule has 3 aromatic carbocycles. The van der Waals surface area contributed by atoms with Gasteiger partial charge in [0.1, 0.15) is 28.8 Å². The molecule has 0 saturated carbocycles. The van der Waals surface area contributed by atoms with Crippen LogP contribution >= 0.6 is 38.5 Å². The molecule has 18 N–H and O–H groups in total. The predicted molar refractivity (Wildman–Crippen MR) is 523 cm³/mol. The Hall–Kier alpha value is -12.9. The molecule has 3 heterocycles. The lowest BCUT2D eigenvalue weighted by atomic mass is 10.1. The molecular weight excluding hydrogens is 2070 g/mol. The number of carboxylic acids is 12. The molecule has 2 fully saturated rings. The van der Waals surface area contributed by atoms with E-state index < -0.39 is 143 Å². The van der Waals surface area contributed by atoms with Gasteiger partial charge in [0.25, 0.3) is 11.8 Å². The summed E-state index contributed by atoms with van der Waals surface area (Å²) >= 11 is 5.46. The van der Waals surface area contributed by atoms with Gasteiger partial charge in [-0.1, -0.05) is 42.5 Å². The lowest BCUT2D eigenvalue weighted by Crippen LogP contribution is -2.52. The van der Waals surface area contributed by atoms with Crippen molar-refractivity contribution in [3.8, 4) is 0 Å². The summed E-state index contributed by atoms with van der Waals surface area (Å²) in [6, 6.07) is 14.8. The van der Waals surface area contributed by atoms with Gasteiger partial charge >= 0.3 is 83.7 Å². The lowest BCUT2D eigenvalue weighted by Gasteiger charge is -2.35. The number of halogens is 2. The molecule has 0 spiro atoms. The molecule has 0 aliphatic carbocycles. The molecule has 1 aromatic heterocycles. The second-order valence-electron chi connectivity index (χ2n) is 34.6. The van der Waals surface area contributed by atoms with Gasteiger partial charge in [-0.2, -0.15) is 0 Å². The second-order valence-corrected chi connectivity index (χ2v) is 36.7. The number of carbonyl (C=O) groups is 20. The molecular formula is C93H129BrIN17O32. The third-order valence-electron chi connectivity index (χ3n) is 23.5. The van der Waals surface area contributed by atoms with Crippen molar-refractivity contribution in [2.45, 2.75) is 166 Å². The third-order valence-corrected chi connectivity index (χ3v) is 24.7. The van der Waals surface area contributed by atoms with Crippen molar-refractivity contribution >= 4 is 157 Å². The first kappa shape index (κ1) is 122. The van der Waals surface area contributed by atoms with Gasteiger partial charge in [0, 0.05) is 191 Å². The normalized spacial score (nSPS) is 15.6. The topological polar surface area (TPSA) is 702 Å². The van der Waals surface area contributed by atoms with Crippen LogP contribution in [0.15, 0.2) is 95.7 Å². The smallest absolute Gasteiger partial charge is 0.326 e. The Morgan fingerprint density at radius 2 is 0.618 bits per heavy atom. The van der Waals surface area contributed by atoms with Gasteiger partial charge in [-0.3, -0.25) is 116 Å². The number of hydrogen-bond donors (Lipinski definition) is 18. The zero-order valence-corrected chi connectivity index (χ0v) is 83.8. The molecule has 144 heavy (non-hydrogen) atoms. The number of hydrogen-bond acceptors (Lipinski definition) is 29. The number of aliphatic carboxylic acids is 12. The molecule has 2 aliphatic rings. The first-order chi connectivity index (χ1) is 68.2. The lowest BCUT2D eigenvalue weighted by molar-refractivity contribution is -0.145. The van der Waals surface area contributed by atoms with E-state index in [0.717, 1.165) is 9.13 Å². The fourth-order valence-electron chi connectivity index (χ4n) is 15.6. The Labute approximate surface area is 851 Å². The van der Waals surface area contributed by atoms with Crippen LogP contribution in [0, 0.1) is 3.57 Å². The summed E-state index contributed by atoms with van der Waals surface area (Å²) < 4.78 is 1.57. The first-order valence-electron chi connectivity index (χ1n) is 46.5. The largest absolute Gasteiger partial charge is 0.481 e. The van der Waals surface area contributed by atoms with Crippen LogP contribution in [-0.2, 0) is 103 Å². The first-order valence-corrected chi connectivity index (χ1v) is 48.3. The van der Waals surface area contributed by atoms with Crippen LogP contribution < -0.4 is 31.9 Å². The minimum Gasteiger partial charge on any atom is -0.481 e. The maximum Gasteiger partial charge on any atom is 0.326 e. The van der Waals surface area contributed by atoms with E-state index in [1.165, 1.54) is 13.8 Å². The van der Waals surface area contributed by atoms with E-state index in [2.05, 4.69) is 75.4 Å². The van der Waals surface area contributed by atoms with Crippen molar-refractivity contribution in [1.29, 1.82) is 0 Å². The molecule has 0 bridgehead atoms. The van der Waals surface area contributed by atoms with Crippen molar-refractivity contribution < 1.29 is 157 Å². The number of urea groups is 2. The molecule has 8 amide bonds. The van der Waals surface area contributed by atoms with Crippen LogP contribution in [0.2, 0.25) is 0 Å². The summed E-state index contributed by atoms with van der Waals surface area (Å²) in [6.45, 7) is 2.90. The van der Waals surface area contributed by atoms with Crippen LogP contribution in [0.1, 0.15) is 147 Å². The Kier molecular flexibility index (Phi) is 54.6. The third kappa shape index (κ3) is 49.4. The summed E-state index contributed by atoms with van der Waals surface area (Å²) in [5.41, 5.74) is 3.43. The summed E-state index contributed by atoms with van der Waals surface area (Å²) in [6.07, 6.45) is 0.979. The van der Waals surface area contributed by atoms with E-state index in [1.54, 1.807) is 116 Å². The van der Waals surface area contributed by atoms with E-state index in [-0.39, 0.29) is 272 Å². The minimum atomic E-state index is -1.35. The summed E-state index contributed by atoms with van der Waals surface area (Å²) in [5.74, 6) is -16.8. The van der Waals surface area contributed by atoms with Gasteiger partial charge in [0.15, 0.2) is 11.6 Å². The highest BCUT2D eigenvalue weighted by Gasteiger charge is 2.34. The summed E-state index contributed by atoms with van der Waals surface area (Å²) in [7, 11) is 0. The van der Waals surface area contributed by atoms with E-state index in [9.17, 15) is 147 Å². The number of carbonyl (C=O) groups excluding carboxylic acids is 8. The Balaban J connectivity index is 0.000000507. The predicted octanol–water partition coefficient (Wildman–Crippen LogP) is 1.56. The zero-order valence-electron chi connectivity index (χ0n) is 80.0. The molecule has 6 rings (SSSR count). The highest BCUT2D eigenvalue weighted by atomic mass is 127. The Bertz CT molecular complexity index is 4610. The fraction of sp³-hybridized carbons (Fsp3) is 0.538. The second kappa shape index (κ2) is 64.7. The number of carboxylic acid groups (broad SMARTS) is 12. The number of nitrogens with zero attached hydrogens (tertiary/aromatic N) is 11. The van der Waals surface area contributed by atoms with E-state index >= 15 is 0 Å². The van der Waals surface area contributed by atoms with Gasteiger partial charge in [-0.15, -0.1) is 0 Å². The molecule has 4 aromatic rings. The van der Waals surface area contributed by atoms with Crippen molar-refractivity contribution in [2.75, 3.05) is 157 Å². The Morgan fingerprint density at radius 1 is 0.333 bits per heavy atom. The highest BCUT2D eigenvalue weighted by Crippen LogP contribution is 2.21. The number of unbranched alkanes of at least 4 members (excludes halogenated alkanes) is 2. The van der Waals surface area contributed by atoms with E-state index in [1.807, 2.05) is 24.3 Å². The Morgan fingerprint density at radius 3 is 0.889 bits per heavy atom. The molecule has 792 valence electrons. The highest BCUT2D eigenvalue weighted by molar-refractivity contribution is 14.1. The number of Topliss-reactive ketones (excluding diaryl/α,β-unsaturated/α-hetero) is 2. The van der Waals surface area contributed by atoms with Crippen molar-refractivity contribution in [1.82, 2.24) is 85.9 Å². The average Bonchev–Trinajstić information content (AvgIpc) is 0.845. The molecule has 2 saturated heterocycles. The quantitative estimate of drug-likeness (QED) is 0.0169. The van der Waals surface area contributed by atoms with Crippen LogP contribution in [0.3, 0.4) is 0 Å². The van der Waals surface area contributed by atoms with E-state index in [0.29, 0.717) is 45.3 Å². The van der Waals surface area contributed by atoms with Crippen LogP contribution in [-0.4, -0.2) is 427 Å². The van der Waals surface area contributed by atoms with Crippen LogP contribution in [0.5, 0.6) is 0 Å². The van der Waals surface area contributed by atoms with Gasteiger partial charge < -0.3 is 103 Å². The number of nitrogens with one attached hydrogen (secondary N) is 6. The number of benzene rings is 3. The van der Waals surface area contributed by atoms with Crippen molar-refractivity contribution in [3.63, 3.8) is 0 Å². The van der Waals surface area contributed by atoms with Gasteiger partial charge in [0.2, 0.25) is 11.8 Å². The van der Waals surface area contributed by atoms with Crippen LogP contribution in [0.25, 0.3) is 0 Å². The van der Waals surface area contributed by atoms with Crippen molar-refractivity contribution in [3.05, 3.63) is 133 Å². The minimum absolute atomic E-state index is 0.0115. The van der Waals surface area contributed by atoms with Crippen molar-refractivity contribution in [2.24, 2.45) is 0 Å². The fourth-order valence-corrected chi connectivity index (χ4v) is 16.2. The molecule has 2 aliphatic heterocycles. The number of pyridine rings is 1. The standard InChI is InChI=1S/C47H65IN8O16.C46H64BrN9O16/c1-31(57)36(13-16-40(59)60)50-47(72)51-37(45(68)69)4-2-3-17-56(27-33-7-11-35(48)12-8-33)44(67)34-9-5-32(6-10-34)26-49-39(58)15-14-38(46(70)71)55-24-22-53(29-42(63)64)20-18-52(28-41(61)62)19-21-54(23-25-55)30-43(65)66;1-30(57)34(10-14-39(59)60)50-46(72)51-35(44(68)69)4-2-3-15-56(26-32-7-12-37(47)48-25-32)43(67)33-8-5-31(6-9-33)24-49-38(58)13-11-36(45(70)71)55-22-20-53(28-41(63)64)18-16-52(27-40(61)62)17-19-54(21-23-55)29-42(65)66/h5-12,36-38H,2-4,13-30H2,1H3,(H,49,58)(H,59,60)(H,61,62)(H,63,64)(H,65,66)(H,68,69)(H,70,71)(H2,50,51,72);5-9,12,25,34-36H,2-4,10-11,13-24,26-29H2,1H3,(H,49,58)(H,59,60)(H,61,62)(H,63,64)(H,65,66)(H,68,69)(H,70,71)(H2,50,51,72)/t36-,37-,38?;34-,35-,36?/m11/s1. The molecule has 2 unspecified atom stereocenters. The maximum atomic E-state index is 13.9. The van der Waals surface area contributed by atoms with Crippen LogP contribution in [0.4, 0.5) is 9.59 Å². The molecule has 6 atom stereocenters. The number of rotatable bonds is 56. The SMILES string of the molecule is CC(=O)[C@@H](CCC(=O)O)NC(=O)N[C@H](CCCCN(Cc1ccc(Br)nc1)C(=O)c1ccc(CNC(=O)CCC(C(=O)O)N2CCN(CC(=O)O)CCN(CC(=O)O)CCN(CC(=O)O)CC2)cc1)C(=O)O.CC(=O)[C@@H](CCC(=O)O)NC(=O)N[C@H](CCCCN(Cc1ccc(I)cc1)C(=O)c1ccc(CNC(=O)CCC(C(=O)O)N2CCN(CC(=O)O)CCN(CC(=O)O)CCN(CC(=O)O)CC2)cc1)C(=O)O.